The van der Waals surface area contributed by atoms with E-state index in [0.717, 1.165) is 12.8 Å². The van der Waals surface area contributed by atoms with E-state index in [1.165, 1.54) is 0 Å². The van der Waals surface area contributed by atoms with E-state index in [4.69, 9.17) is 0 Å². The van der Waals surface area contributed by atoms with Crippen LogP contribution in [0.1, 0.15) is 47.0 Å². The zero-order valence-corrected chi connectivity index (χ0v) is 17.6. The highest BCUT2D eigenvalue weighted by Gasteiger charge is 2.57. The van der Waals surface area contributed by atoms with Crippen LogP contribution >= 0.6 is 0 Å². The molecule has 1 aliphatic carbocycles. The maximum Gasteiger partial charge on any atom is 0.243 e. The molecular formula is C21H35N3O4. The number of nitrogens with one attached hydrogen (secondary N) is 2. The number of likely N-dealkylation sites (tertiary alicyclic amines) is 1. The number of fused-ring (bicyclic) bond motifs is 1. The van der Waals surface area contributed by atoms with E-state index in [-0.39, 0.29) is 42.2 Å². The Morgan fingerprint density at radius 1 is 1.25 bits per heavy atom. The van der Waals surface area contributed by atoms with Gasteiger partial charge in [0.05, 0.1) is 24.5 Å². The van der Waals surface area contributed by atoms with E-state index in [2.05, 4.69) is 17.6 Å². The first kappa shape index (κ1) is 22.4. The number of aliphatic hydroxyl groups is 1. The van der Waals surface area contributed by atoms with Crippen LogP contribution in [0, 0.1) is 23.7 Å². The van der Waals surface area contributed by atoms with Crippen LogP contribution in [0.15, 0.2) is 12.2 Å². The maximum absolute atomic E-state index is 13.4. The molecule has 7 nitrogen and oxygen atoms in total. The number of aliphatic hydroxyl groups excluding tert-OH is 1. The van der Waals surface area contributed by atoms with Gasteiger partial charge in [-0.15, -0.1) is 0 Å². The van der Waals surface area contributed by atoms with Crippen molar-refractivity contribution in [2.24, 2.45) is 23.7 Å². The van der Waals surface area contributed by atoms with Crippen LogP contribution in [-0.4, -0.2) is 59.5 Å². The number of allylic oxidation sites excluding steroid dienone is 1. The summed E-state index contributed by atoms with van der Waals surface area (Å²) < 4.78 is 0. The van der Waals surface area contributed by atoms with E-state index in [0.29, 0.717) is 6.42 Å². The molecule has 0 aromatic heterocycles. The molecule has 0 aromatic carbocycles. The van der Waals surface area contributed by atoms with Crippen molar-refractivity contribution < 1.29 is 19.5 Å². The normalized spacial score (nSPS) is 31.3. The number of rotatable bonds is 8. The third-order valence-electron chi connectivity index (χ3n) is 6.21. The lowest BCUT2D eigenvalue weighted by Crippen LogP contribution is -2.53. The van der Waals surface area contributed by atoms with Gasteiger partial charge in [0.25, 0.3) is 0 Å². The molecule has 3 amide bonds. The molecule has 1 saturated heterocycles. The first-order valence-electron chi connectivity index (χ1n) is 10.5. The van der Waals surface area contributed by atoms with Gasteiger partial charge in [0, 0.05) is 19.0 Å². The van der Waals surface area contributed by atoms with E-state index < -0.39 is 23.9 Å². The number of hydrogen-bond donors (Lipinski definition) is 3. The Morgan fingerprint density at radius 2 is 1.93 bits per heavy atom. The molecule has 1 fully saturated rings. The lowest BCUT2D eigenvalue weighted by Gasteiger charge is -2.33. The molecule has 7 heteroatoms. The van der Waals surface area contributed by atoms with Crippen molar-refractivity contribution in [1.29, 1.82) is 0 Å². The highest BCUT2D eigenvalue weighted by molar-refractivity contribution is 5.97. The zero-order chi connectivity index (χ0) is 21.0. The summed E-state index contributed by atoms with van der Waals surface area (Å²) >= 11 is 0. The molecule has 0 aromatic rings. The molecule has 2 rings (SSSR count). The number of amides is 3. The Labute approximate surface area is 167 Å². The first-order chi connectivity index (χ1) is 13.3. The highest BCUT2D eigenvalue weighted by atomic mass is 16.3. The van der Waals surface area contributed by atoms with Crippen molar-refractivity contribution in [1.82, 2.24) is 15.5 Å². The van der Waals surface area contributed by atoms with Crippen LogP contribution in [0.2, 0.25) is 0 Å². The summed E-state index contributed by atoms with van der Waals surface area (Å²) in [5.41, 5.74) is 0. The number of carbonyl (C=O) groups is 3. The van der Waals surface area contributed by atoms with Crippen LogP contribution in [0.3, 0.4) is 0 Å². The molecule has 1 aliphatic heterocycles. The average Bonchev–Trinajstić information content (AvgIpc) is 2.95. The Kier molecular flexibility index (Phi) is 7.63. The van der Waals surface area contributed by atoms with Crippen LogP contribution in [0.4, 0.5) is 0 Å². The summed E-state index contributed by atoms with van der Waals surface area (Å²) in [5, 5.41) is 15.6. The summed E-state index contributed by atoms with van der Waals surface area (Å²) in [7, 11) is 1.57. The van der Waals surface area contributed by atoms with Crippen molar-refractivity contribution in [3.63, 3.8) is 0 Å². The fourth-order valence-electron chi connectivity index (χ4n) is 4.75. The molecular weight excluding hydrogens is 358 g/mol. The third-order valence-corrected chi connectivity index (χ3v) is 6.21. The van der Waals surface area contributed by atoms with E-state index in [9.17, 15) is 19.5 Å². The largest absolute Gasteiger partial charge is 0.394 e. The van der Waals surface area contributed by atoms with Crippen molar-refractivity contribution in [2.75, 3.05) is 13.7 Å². The molecule has 1 heterocycles. The summed E-state index contributed by atoms with van der Waals surface area (Å²) in [5.74, 6) is -2.17. The van der Waals surface area contributed by atoms with Crippen LogP contribution in [0.25, 0.3) is 0 Å². The first-order valence-corrected chi connectivity index (χ1v) is 10.5. The van der Waals surface area contributed by atoms with Crippen molar-refractivity contribution in [3.8, 4) is 0 Å². The molecule has 0 radical (unpaired) electrons. The topological polar surface area (TPSA) is 98.7 Å². The minimum Gasteiger partial charge on any atom is -0.394 e. The van der Waals surface area contributed by atoms with Gasteiger partial charge in [0.15, 0.2) is 0 Å². The van der Waals surface area contributed by atoms with Gasteiger partial charge in [-0.1, -0.05) is 39.3 Å². The van der Waals surface area contributed by atoms with Gasteiger partial charge in [0.1, 0.15) is 6.04 Å². The second-order valence-corrected chi connectivity index (χ2v) is 8.12. The zero-order valence-electron chi connectivity index (χ0n) is 17.6. The highest BCUT2D eigenvalue weighted by Crippen LogP contribution is 2.44. The van der Waals surface area contributed by atoms with Crippen LogP contribution in [-0.2, 0) is 14.4 Å². The van der Waals surface area contributed by atoms with Gasteiger partial charge in [0.2, 0.25) is 17.7 Å². The van der Waals surface area contributed by atoms with Gasteiger partial charge >= 0.3 is 0 Å². The average molecular weight is 394 g/mol. The summed E-state index contributed by atoms with van der Waals surface area (Å²) in [6, 6.07) is -1.14. The minimum absolute atomic E-state index is 0.00364. The molecule has 7 atom stereocenters. The monoisotopic (exact) mass is 393 g/mol. The smallest absolute Gasteiger partial charge is 0.243 e. The standard InChI is InChI=1S/C21H35N3O4/c1-6-8-13(4)23-20(27)18-15-10-9-12(3)16(19(26)22-5)17(15)21(28)24(18)14(7-2)11-25/h9-10,12-18,25H,6-8,11H2,1-5H3,(H,22,26)(H,23,27)/t12-,13?,14+,15+,16-,17-,18+/m1/s1. The van der Waals surface area contributed by atoms with E-state index in [1.807, 2.05) is 32.9 Å². The molecule has 28 heavy (non-hydrogen) atoms. The Morgan fingerprint density at radius 3 is 2.46 bits per heavy atom. The molecule has 3 N–H and O–H groups in total. The lowest BCUT2D eigenvalue weighted by molar-refractivity contribution is -0.143. The van der Waals surface area contributed by atoms with Crippen molar-refractivity contribution in [3.05, 3.63) is 12.2 Å². The van der Waals surface area contributed by atoms with Gasteiger partial charge in [-0.3, -0.25) is 14.4 Å². The van der Waals surface area contributed by atoms with Gasteiger partial charge in [-0.05, 0) is 25.7 Å². The SMILES string of the molecule is CCCC(C)NC(=O)[C@@H]1[C@H]2C=C[C@@H](C)[C@@H](C(=O)NC)[C@@H]2C(=O)N1[C@@H](CC)CO. The Hall–Kier alpha value is -1.89. The Bertz CT molecular complexity index is 617. The Balaban J connectivity index is 2.44. The maximum atomic E-state index is 13.4. The van der Waals surface area contributed by atoms with E-state index >= 15 is 0 Å². The molecule has 0 saturated carbocycles. The third kappa shape index (κ3) is 4.09. The summed E-state index contributed by atoms with van der Waals surface area (Å²) in [4.78, 5) is 40.7. The predicted octanol–water partition coefficient (Wildman–Crippen LogP) is 1.07. The van der Waals surface area contributed by atoms with Crippen molar-refractivity contribution >= 4 is 17.7 Å². The number of nitrogens with zero attached hydrogens (tertiary/aromatic N) is 1. The fourth-order valence-corrected chi connectivity index (χ4v) is 4.75. The second kappa shape index (κ2) is 9.54. The minimum atomic E-state index is -0.704. The summed E-state index contributed by atoms with van der Waals surface area (Å²) in [6.07, 6.45) is 6.20. The molecule has 0 spiro atoms. The van der Waals surface area contributed by atoms with Crippen LogP contribution in [0.5, 0.6) is 0 Å². The lowest BCUT2D eigenvalue weighted by atomic mass is 9.70. The second-order valence-electron chi connectivity index (χ2n) is 8.12. The molecule has 158 valence electrons. The molecule has 2 aliphatic rings. The van der Waals surface area contributed by atoms with Gasteiger partial charge in [-0.25, -0.2) is 0 Å². The van der Waals surface area contributed by atoms with Gasteiger partial charge < -0.3 is 20.6 Å². The van der Waals surface area contributed by atoms with Gasteiger partial charge in [-0.2, -0.15) is 0 Å². The van der Waals surface area contributed by atoms with Crippen molar-refractivity contribution in [2.45, 2.75) is 65.1 Å². The molecule has 1 unspecified atom stereocenters. The van der Waals surface area contributed by atoms with Crippen LogP contribution < -0.4 is 10.6 Å². The number of carbonyl (C=O) groups excluding carboxylic acids is 3. The number of hydrogen-bond acceptors (Lipinski definition) is 4. The quantitative estimate of drug-likeness (QED) is 0.537. The fraction of sp³-hybridized carbons (Fsp3) is 0.762. The molecule has 0 bridgehead atoms. The van der Waals surface area contributed by atoms with E-state index in [1.54, 1.807) is 11.9 Å². The predicted molar refractivity (Wildman–Crippen MR) is 107 cm³/mol. The summed E-state index contributed by atoms with van der Waals surface area (Å²) in [6.45, 7) is 7.61.